The summed E-state index contributed by atoms with van der Waals surface area (Å²) in [5.41, 5.74) is 1.98. The van der Waals surface area contributed by atoms with Crippen LogP contribution in [0.3, 0.4) is 0 Å². The van der Waals surface area contributed by atoms with Gasteiger partial charge < -0.3 is 18.9 Å². The Kier molecular flexibility index (Phi) is 9.52. The number of nitrogens with zero attached hydrogens (tertiary/aromatic N) is 2. The van der Waals surface area contributed by atoms with E-state index in [-0.39, 0.29) is 18.3 Å². The number of carbonyl (C=O) groups is 1. The lowest BCUT2D eigenvalue weighted by atomic mass is 9.93. The van der Waals surface area contributed by atoms with Crippen molar-refractivity contribution >= 4 is 39.3 Å². The maximum Gasteiger partial charge on any atom is 0.338 e. The first-order valence-corrected chi connectivity index (χ1v) is 14.7. The van der Waals surface area contributed by atoms with E-state index in [4.69, 9.17) is 23.9 Å². The van der Waals surface area contributed by atoms with E-state index >= 15 is 0 Å². The number of hydrogen-bond acceptors (Lipinski definition) is 8. The fourth-order valence-corrected chi connectivity index (χ4v) is 5.99. The standard InChI is InChI=1S/C30H33BrN2O6S/c1-7-9-22-26(29(35)38-8-2)27(21-16-20(36-5)11-13-24(21)37-6)33-28(34)25(40-30(33)32-22)15-18-14-19(31)10-12-23(18)39-17(3)4/h10-17,27H,7-9H2,1-6H3/b25-15-/t27-/m1/s1. The molecular formula is C30H33BrN2O6S. The number of ether oxygens (including phenoxy) is 4. The summed E-state index contributed by atoms with van der Waals surface area (Å²) < 4.78 is 25.6. The lowest BCUT2D eigenvalue weighted by Crippen LogP contribution is -2.40. The highest BCUT2D eigenvalue weighted by atomic mass is 79.9. The molecule has 212 valence electrons. The third-order valence-electron chi connectivity index (χ3n) is 6.24. The van der Waals surface area contributed by atoms with E-state index in [0.29, 0.717) is 49.8 Å². The van der Waals surface area contributed by atoms with Gasteiger partial charge in [-0.3, -0.25) is 9.36 Å². The molecule has 1 atom stereocenters. The van der Waals surface area contributed by atoms with Gasteiger partial charge in [0.1, 0.15) is 23.3 Å². The third-order valence-corrected chi connectivity index (χ3v) is 7.72. The van der Waals surface area contributed by atoms with Crippen molar-refractivity contribution in [3.63, 3.8) is 0 Å². The number of allylic oxidation sites excluding steroid dienone is 1. The topological polar surface area (TPSA) is 88.4 Å². The molecule has 0 unspecified atom stereocenters. The van der Waals surface area contributed by atoms with Crippen molar-refractivity contribution in [2.75, 3.05) is 20.8 Å². The Morgan fingerprint density at radius 1 is 1.12 bits per heavy atom. The van der Waals surface area contributed by atoms with Crippen LogP contribution in [-0.4, -0.2) is 37.5 Å². The van der Waals surface area contributed by atoms with Gasteiger partial charge in [-0.15, -0.1) is 0 Å². The second-order valence-corrected chi connectivity index (χ2v) is 11.3. The number of rotatable bonds is 10. The molecule has 2 heterocycles. The minimum Gasteiger partial charge on any atom is -0.497 e. The van der Waals surface area contributed by atoms with Gasteiger partial charge in [0.25, 0.3) is 5.56 Å². The minimum atomic E-state index is -0.821. The molecule has 0 fully saturated rings. The molecule has 40 heavy (non-hydrogen) atoms. The molecule has 0 saturated heterocycles. The highest BCUT2D eigenvalue weighted by Gasteiger charge is 2.36. The number of benzene rings is 2. The molecule has 10 heteroatoms. The van der Waals surface area contributed by atoms with Crippen molar-refractivity contribution < 1.29 is 23.7 Å². The van der Waals surface area contributed by atoms with E-state index in [2.05, 4.69) is 15.9 Å². The van der Waals surface area contributed by atoms with Crippen LogP contribution in [0.15, 0.2) is 61.9 Å². The molecule has 1 aromatic heterocycles. The molecule has 0 N–H and O–H groups in total. The van der Waals surface area contributed by atoms with Crippen LogP contribution in [0.1, 0.15) is 57.7 Å². The molecule has 0 aliphatic carbocycles. The third kappa shape index (κ3) is 6.02. The van der Waals surface area contributed by atoms with Gasteiger partial charge in [-0.05, 0) is 69.7 Å². The Balaban J connectivity index is 2.05. The molecule has 0 saturated carbocycles. The first-order valence-electron chi connectivity index (χ1n) is 13.1. The number of carbonyl (C=O) groups excluding carboxylic acids is 1. The lowest BCUT2D eigenvalue weighted by molar-refractivity contribution is -0.139. The van der Waals surface area contributed by atoms with E-state index < -0.39 is 12.0 Å². The number of methoxy groups -OCH3 is 2. The summed E-state index contributed by atoms with van der Waals surface area (Å²) in [5, 5.41) is 0. The minimum absolute atomic E-state index is 0.0428. The van der Waals surface area contributed by atoms with Crippen LogP contribution in [-0.2, 0) is 9.53 Å². The maximum absolute atomic E-state index is 14.1. The van der Waals surface area contributed by atoms with E-state index in [0.717, 1.165) is 16.5 Å². The summed E-state index contributed by atoms with van der Waals surface area (Å²) in [6.07, 6.45) is 3.06. The van der Waals surface area contributed by atoms with Crippen molar-refractivity contribution in [3.05, 3.63) is 83.0 Å². The average molecular weight is 630 g/mol. The molecule has 4 rings (SSSR count). The van der Waals surface area contributed by atoms with Gasteiger partial charge in [0.15, 0.2) is 4.80 Å². The van der Waals surface area contributed by atoms with Crippen molar-refractivity contribution in [2.24, 2.45) is 4.99 Å². The highest BCUT2D eigenvalue weighted by molar-refractivity contribution is 9.10. The van der Waals surface area contributed by atoms with Crippen LogP contribution >= 0.6 is 27.3 Å². The van der Waals surface area contributed by atoms with Crippen LogP contribution in [0.5, 0.6) is 17.2 Å². The molecule has 1 aliphatic rings. The molecule has 8 nitrogen and oxygen atoms in total. The van der Waals surface area contributed by atoms with E-state index in [1.807, 2.05) is 39.0 Å². The first kappa shape index (κ1) is 29.6. The molecule has 3 aromatic rings. The number of hydrogen-bond donors (Lipinski definition) is 0. The number of thiazole rings is 1. The Hall–Kier alpha value is -3.37. The Labute approximate surface area is 245 Å². The zero-order valence-electron chi connectivity index (χ0n) is 23.4. The summed E-state index contributed by atoms with van der Waals surface area (Å²) in [6.45, 7) is 7.87. The molecule has 0 radical (unpaired) electrons. The smallest absolute Gasteiger partial charge is 0.338 e. The van der Waals surface area contributed by atoms with Crippen LogP contribution in [0.25, 0.3) is 6.08 Å². The first-order chi connectivity index (χ1) is 19.2. The molecule has 1 aliphatic heterocycles. The van der Waals surface area contributed by atoms with Gasteiger partial charge in [0.05, 0.1) is 42.7 Å². The van der Waals surface area contributed by atoms with Crippen molar-refractivity contribution in [3.8, 4) is 17.2 Å². The summed E-state index contributed by atoms with van der Waals surface area (Å²) in [6, 6.07) is 10.2. The number of aromatic nitrogens is 1. The monoisotopic (exact) mass is 628 g/mol. The Morgan fingerprint density at radius 3 is 2.52 bits per heavy atom. The number of esters is 1. The number of fused-ring (bicyclic) bond motifs is 1. The molecule has 0 spiro atoms. The van der Waals surface area contributed by atoms with Crippen LogP contribution in [0.2, 0.25) is 0 Å². The average Bonchev–Trinajstić information content (AvgIpc) is 3.23. The Bertz CT molecular complexity index is 1620. The SMILES string of the molecule is CCCC1=C(C(=O)OCC)[C@@H](c2cc(OC)ccc2OC)n2c(s/c(=C\c3cc(Br)ccc3OC(C)C)c2=O)=N1. The molecule has 0 amide bonds. The van der Waals surface area contributed by atoms with Crippen LogP contribution in [0.4, 0.5) is 0 Å². The quantitative estimate of drug-likeness (QED) is 0.289. The fraction of sp³-hybridized carbons (Fsp3) is 0.367. The molecule has 0 bridgehead atoms. The van der Waals surface area contributed by atoms with Crippen molar-refractivity contribution in [1.82, 2.24) is 4.57 Å². The van der Waals surface area contributed by atoms with Gasteiger partial charge in [0.2, 0.25) is 0 Å². The summed E-state index contributed by atoms with van der Waals surface area (Å²) in [5.74, 6) is 1.23. The summed E-state index contributed by atoms with van der Waals surface area (Å²) in [4.78, 5) is 32.9. The molecule has 2 aromatic carbocycles. The van der Waals surface area contributed by atoms with Gasteiger partial charge in [0, 0.05) is 15.6 Å². The van der Waals surface area contributed by atoms with Crippen LogP contribution < -0.4 is 29.1 Å². The molecular weight excluding hydrogens is 596 g/mol. The second kappa shape index (κ2) is 12.9. The maximum atomic E-state index is 14.1. The van der Waals surface area contributed by atoms with Crippen molar-refractivity contribution in [2.45, 2.75) is 52.7 Å². The zero-order valence-corrected chi connectivity index (χ0v) is 25.9. The number of halogens is 1. The van der Waals surface area contributed by atoms with Gasteiger partial charge in [-0.25, -0.2) is 9.79 Å². The fourth-order valence-electron chi connectivity index (χ4n) is 4.60. The van der Waals surface area contributed by atoms with E-state index in [1.54, 1.807) is 50.0 Å². The van der Waals surface area contributed by atoms with Gasteiger partial charge in [-0.1, -0.05) is 40.6 Å². The summed E-state index contributed by atoms with van der Waals surface area (Å²) in [7, 11) is 3.12. The van der Waals surface area contributed by atoms with E-state index in [1.165, 1.54) is 11.3 Å². The van der Waals surface area contributed by atoms with Gasteiger partial charge in [-0.2, -0.15) is 0 Å². The highest BCUT2D eigenvalue weighted by Crippen LogP contribution is 2.38. The second-order valence-electron chi connectivity index (χ2n) is 9.37. The van der Waals surface area contributed by atoms with Gasteiger partial charge >= 0.3 is 5.97 Å². The predicted molar refractivity (Wildman–Crippen MR) is 159 cm³/mol. The summed E-state index contributed by atoms with van der Waals surface area (Å²) >= 11 is 4.79. The van der Waals surface area contributed by atoms with Crippen LogP contribution in [0, 0.1) is 0 Å². The lowest BCUT2D eigenvalue weighted by Gasteiger charge is -2.27. The Morgan fingerprint density at radius 2 is 1.88 bits per heavy atom. The van der Waals surface area contributed by atoms with Crippen molar-refractivity contribution in [1.29, 1.82) is 0 Å². The van der Waals surface area contributed by atoms with E-state index in [9.17, 15) is 9.59 Å². The predicted octanol–water partition coefficient (Wildman–Crippen LogP) is 5.15. The zero-order chi connectivity index (χ0) is 29.0. The largest absolute Gasteiger partial charge is 0.497 e. The normalized spacial score (nSPS) is 15.1.